The second kappa shape index (κ2) is 8.95. The Bertz CT molecular complexity index is 843. The van der Waals surface area contributed by atoms with E-state index in [1.54, 1.807) is 0 Å². The Morgan fingerprint density at radius 1 is 0.618 bits per heavy atom. The van der Waals surface area contributed by atoms with Gasteiger partial charge in [0, 0.05) is 34.2 Å². The normalized spacial score (nSPS) is 28.5. The highest BCUT2D eigenvalue weighted by atomic mass is 79.9. The van der Waals surface area contributed by atoms with Crippen LogP contribution in [0.15, 0.2) is 20.4 Å². The average molecular weight is 604 g/mol. The second-order valence-corrected chi connectivity index (χ2v) is 14.0. The number of carbonyl (C=O) groups excluding carboxylic acids is 2. The van der Waals surface area contributed by atoms with Crippen molar-refractivity contribution in [1.82, 2.24) is 20.8 Å². The summed E-state index contributed by atoms with van der Waals surface area (Å²) in [4.78, 5) is 26.6. The van der Waals surface area contributed by atoms with Crippen LogP contribution in [0.3, 0.4) is 0 Å². The molecule has 0 saturated carbocycles. The van der Waals surface area contributed by atoms with Crippen molar-refractivity contribution >= 4 is 43.4 Å². The summed E-state index contributed by atoms with van der Waals surface area (Å²) in [6.45, 7) is 15.1. The zero-order valence-electron chi connectivity index (χ0n) is 21.3. The first-order valence-corrected chi connectivity index (χ1v) is 13.3. The van der Waals surface area contributed by atoms with Gasteiger partial charge < -0.3 is 10.6 Å². The first-order valence-electron chi connectivity index (χ1n) is 11.7. The Morgan fingerprint density at radius 3 is 1.09 bits per heavy atom. The summed E-state index contributed by atoms with van der Waals surface area (Å²) in [6.07, 6.45) is 2.15. The monoisotopic (exact) mass is 602 g/mol. The molecule has 2 heterocycles. The zero-order valence-corrected chi connectivity index (χ0v) is 24.4. The molecule has 2 fully saturated rings. The van der Waals surface area contributed by atoms with E-state index in [-0.39, 0.29) is 44.0 Å². The molecule has 1 aliphatic carbocycles. The summed E-state index contributed by atoms with van der Waals surface area (Å²) in [7, 11) is 0. The van der Waals surface area contributed by atoms with Gasteiger partial charge >= 0.3 is 0 Å². The zero-order chi connectivity index (χ0) is 26.0. The lowest BCUT2D eigenvalue weighted by atomic mass is 9.78. The Hall–Kier alpha value is -0.780. The lowest BCUT2D eigenvalue weighted by Gasteiger charge is -2.50. The van der Waals surface area contributed by atoms with E-state index in [2.05, 4.69) is 42.5 Å². The van der Waals surface area contributed by atoms with Gasteiger partial charge in [0.25, 0.3) is 0 Å². The highest BCUT2D eigenvalue weighted by Crippen LogP contribution is 2.40. The molecule has 2 saturated heterocycles. The maximum atomic E-state index is 13.3. The summed E-state index contributed by atoms with van der Waals surface area (Å²) in [6, 6.07) is -0.292. The van der Waals surface area contributed by atoms with Crippen LogP contribution in [0, 0.1) is 0 Å². The highest BCUT2D eigenvalue weighted by Gasteiger charge is 2.49. The molecule has 190 valence electrons. The minimum atomic E-state index is -0.607. The van der Waals surface area contributed by atoms with Gasteiger partial charge in [-0.05, 0) is 113 Å². The molecule has 0 spiro atoms. The molecule has 3 aliphatic rings. The number of ketones is 2. The number of halogens is 2. The van der Waals surface area contributed by atoms with Gasteiger partial charge in [0.2, 0.25) is 11.6 Å². The number of nitrogens with zero attached hydrogens (tertiary/aromatic N) is 2. The van der Waals surface area contributed by atoms with Crippen LogP contribution in [-0.2, 0) is 20.0 Å². The van der Waals surface area contributed by atoms with E-state index in [0.29, 0.717) is 25.7 Å². The third-order valence-corrected chi connectivity index (χ3v) is 8.68. The van der Waals surface area contributed by atoms with Gasteiger partial charge in [0.1, 0.15) is 11.4 Å². The van der Waals surface area contributed by atoms with E-state index in [4.69, 9.17) is 0 Å². The number of hydrogen-bond donors (Lipinski definition) is 2. The fourth-order valence-electron chi connectivity index (χ4n) is 6.04. The predicted octanol–water partition coefficient (Wildman–Crippen LogP) is 4.26. The molecule has 0 aromatic rings. The summed E-state index contributed by atoms with van der Waals surface area (Å²) in [5.74, 6) is -0.650. The topological polar surface area (TPSA) is 104 Å². The quantitative estimate of drug-likeness (QED) is 0.465. The van der Waals surface area contributed by atoms with Crippen LogP contribution in [0.2, 0.25) is 0 Å². The van der Waals surface area contributed by atoms with Gasteiger partial charge in [-0.1, -0.05) is 0 Å². The van der Waals surface area contributed by atoms with E-state index in [0.717, 1.165) is 10.1 Å². The summed E-state index contributed by atoms with van der Waals surface area (Å²) < 4.78 is 0.339. The fraction of sp³-hybridized carbons (Fsp3) is 0.750. The average Bonchev–Trinajstić information content (AvgIpc) is 2.68. The van der Waals surface area contributed by atoms with Crippen LogP contribution in [0.5, 0.6) is 0 Å². The van der Waals surface area contributed by atoms with Crippen molar-refractivity contribution in [2.45, 2.75) is 115 Å². The number of allylic oxidation sites excluding steroid dienone is 2. The maximum absolute atomic E-state index is 13.3. The molecular formula is C24H36Br2N4O4. The van der Waals surface area contributed by atoms with Crippen molar-refractivity contribution in [1.29, 1.82) is 0 Å². The SMILES string of the molecule is CC1(C)CC(NC2=C(Br)C(=O)C(NC3CC(C)(C)N([O])C(C)(C)C3)=C(Br)C2=O)CC(C)(C)N1[O]. The van der Waals surface area contributed by atoms with Gasteiger partial charge in [-0.25, -0.2) is 0 Å². The van der Waals surface area contributed by atoms with Crippen LogP contribution in [0.4, 0.5) is 0 Å². The maximum Gasteiger partial charge on any atom is 0.219 e. The fourth-order valence-corrected chi connectivity index (χ4v) is 7.03. The summed E-state index contributed by atoms with van der Waals surface area (Å²) in [5, 5.41) is 34.2. The molecule has 0 amide bonds. The molecule has 10 heteroatoms. The molecule has 8 nitrogen and oxygen atoms in total. The van der Waals surface area contributed by atoms with E-state index in [1.165, 1.54) is 0 Å². The number of carbonyl (C=O) groups is 2. The van der Waals surface area contributed by atoms with Crippen LogP contribution < -0.4 is 10.6 Å². The third-order valence-electron chi connectivity index (χ3n) is 7.17. The molecule has 3 rings (SSSR count). The lowest BCUT2D eigenvalue weighted by Crippen LogP contribution is -2.62. The second-order valence-electron chi connectivity index (χ2n) is 12.4. The first-order chi connectivity index (χ1) is 15.3. The van der Waals surface area contributed by atoms with E-state index in [1.807, 2.05) is 55.4 Å². The van der Waals surface area contributed by atoms with Crippen molar-refractivity contribution in [2.24, 2.45) is 0 Å². The van der Waals surface area contributed by atoms with Crippen LogP contribution >= 0.6 is 31.9 Å². The van der Waals surface area contributed by atoms with E-state index >= 15 is 0 Å². The van der Waals surface area contributed by atoms with Crippen molar-refractivity contribution in [3.05, 3.63) is 20.4 Å². The molecule has 2 N–H and O–H groups in total. The largest absolute Gasteiger partial charge is 0.378 e. The lowest BCUT2D eigenvalue weighted by molar-refractivity contribution is -0.290. The van der Waals surface area contributed by atoms with Crippen molar-refractivity contribution < 1.29 is 20.0 Å². The first kappa shape index (κ1) is 27.8. The van der Waals surface area contributed by atoms with Crippen molar-refractivity contribution in [2.75, 3.05) is 0 Å². The molecule has 0 atom stereocenters. The number of hydrogen-bond acceptors (Lipinski definition) is 6. The Morgan fingerprint density at radius 2 is 0.853 bits per heavy atom. The van der Waals surface area contributed by atoms with Gasteiger partial charge in [0.15, 0.2) is 0 Å². The van der Waals surface area contributed by atoms with Crippen LogP contribution in [-0.4, -0.2) is 55.9 Å². The highest BCUT2D eigenvalue weighted by molar-refractivity contribution is 9.12. The minimum Gasteiger partial charge on any atom is -0.378 e. The van der Waals surface area contributed by atoms with Crippen molar-refractivity contribution in [3.63, 3.8) is 0 Å². The number of hydroxylamine groups is 4. The molecule has 0 aromatic heterocycles. The molecule has 2 aliphatic heterocycles. The van der Waals surface area contributed by atoms with Gasteiger partial charge in [0.05, 0.1) is 8.96 Å². The smallest absolute Gasteiger partial charge is 0.219 e. The standard InChI is InChI=1S/C24H36Br2N4O4/c1-21(2)9-13(10-22(3,4)29(21)33)27-17-15(25)20(32)18(16(26)19(17)31)28-14-11-23(5,6)30(34)24(7,8)12-14/h13-14,27-28H,9-12H2,1-8H3. The number of piperidine rings is 2. The van der Waals surface area contributed by atoms with Crippen LogP contribution in [0.25, 0.3) is 0 Å². The van der Waals surface area contributed by atoms with Gasteiger partial charge in [-0.2, -0.15) is 0 Å². The predicted molar refractivity (Wildman–Crippen MR) is 136 cm³/mol. The van der Waals surface area contributed by atoms with Crippen LogP contribution in [0.1, 0.15) is 81.1 Å². The molecule has 34 heavy (non-hydrogen) atoms. The van der Waals surface area contributed by atoms with Crippen molar-refractivity contribution in [3.8, 4) is 0 Å². The third kappa shape index (κ3) is 5.04. The van der Waals surface area contributed by atoms with E-state index in [9.17, 15) is 20.0 Å². The molecule has 0 unspecified atom stereocenters. The van der Waals surface area contributed by atoms with E-state index < -0.39 is 22.2 Å². The molecule has 2 radical (unpaired) electrons. The molecule has 0 bridgehead atoms. The van der Waals surface area contributed by atoms with Gasteiger partial charge in [-0.3, -0.25) is 9.59 Å². The Balaban J connectivity index is 1.82. The minimum absolute atomic E-state index is 0.146. The van der Waals surface area contributed by atoms with Gasteiger partial charge in [-0.15, -0.1) is 20.5 Å². The number of Topliss-reactive ketones (excluding diaryl/α,β-unsaturated/α-hetero) is 2. The summed E-state index contributed by atoms with van der Waals surface area (Å²) in [5.41, 5.74) is -2.02. The summed E-state index contributed by atoms with van der Waals surface area (Å²) >= 11 is 6.73. The number of rotatable bonds is 4. The molecule has 0 aromatic carbocycles. The Kier molecular flexibility index (Phi) is 7.32. The molecular weight excluding hydrogens is 568 g/mol. The Labute approximate surface area is 219 Å². The number of nitrogens with one attached hydrogen (secondary N) is 2.